The van der Waals surface area contributed by atoms with E-state index in [9.17, 15) is 5.11 Å². The highest BCUT2D eigenvalue weighted by molar-refractivity contribution is 5.26. The Balaban J connectivity index is 1.32. The van der Waals surface area contributed by atoms with Crippen LogP contribution in [-0.4, -0.2) is 42.4 Å². The second kappa shape index (κ2) is 7.42. The van der Waals surface area contributed by atoms with E-state index in [4.69, 9.17) is 4.74 Å². The average molecular weight is 351 g/mol. The van der Waals surface area contributed by atoms with Crippen LogP contribution in [0.4, 0.5) is 0 Å². The van der Waals surface area contributed by atoms with Crippen LogP contribution in [0.3, 0.4) is 0 Å². The van der Waals surface area contributed by atoms with E-state index in [-0.39, 0.29) is 5.60 Å². The van der Waals surface area contributed by atoms with Crippen molar-refractivity contribution in [2.24, 2.45) is 11.8 Å². The van der Waals surface area contributed by atoms with Gasteiger partial charge >= 0.3 is 0 Å². The van der Waals surface area contributed by atoms with Gasteiger partial charge in [-0.15, -0.1) is 0 Å². The van der Waals surface area contributed by atoms with Gasteiger partial charge in [-0.1, -0.05) is 42.5 Å². The van der Waals surface area contributed by atoms with E-state index >= 15 is 0 Å². The fourth-order valence-electron chi connectivity index (χ4n) is 5.02. The highest BCUT2D eigenvalue weighted by atomic mass is 16.5. The number of phenols is 1. The Morgan fingerprint density at radius 2 is 1.62 bits per heavy atom. The quantitative estimate of drug-likeness (QED) is 0.857. The predicted molar refractivity (Wildman–Crippen MR) is 104 cm³/mol. The van der Waals surface area contributed by atoms with Crippen LogP contribution < -0.4 is 0 Å². The second-order valence-electron chi connectivity index (χ2n) is 8.15. The molecule has 2 aromatic rings. The molecule has 1 N–H and O–H groups in total. The van der Waals surface area contributed by atoms with Gasteiger partial charge in [0.15, 0.2) is 0 Å². The van der Waals surface area contributed by atoms with Gasteiger partial charge in [0, 0.05) is 33.2 Å². The third-order valence-corrected chi connectivity index (χ3v) is 6.38. The molecule has 0 bridgehead atoms. The Kier molecular flexibility index (Phi) is 5.01. The molecule has 3 atom stereocenters. The van der Waals surface area contributed by atoms with E-state index in [1.807, 2.05) is 19.2 Å². The lowest BCUT2D eigenvalue weighted by Crippen LogP contribution is -2.34. The van der Waals surface area contributed by atoms with E-state index in [0.29, 0.717) is 5.75 Å². The van der Waals surface area contributed by atoms with E-state index in [0.717, 1.165) is 31.2 Å². The number of aromatic hydroxyl groups is 1. The Labute approximate surface area is 156 Å². The molecule has 1 heterocycles. The predicted octanol–water partition coefficient (Wildman–Crippen LogP) is 3.90. The summed E-state index contributed by atoms with van der Waals surface area (Å²) in [7, 11) is 1.90. The number of fused-ring (bicyclic) bond motifs is 1. The van der Waals surface area contributed by atoms with E-state index in [1.165, 1.54) is 37.1 Å². The van der Waals surface area contributed by atoms with Crippen molar-refractivity contribution < 1.29 is 9.84 Å². The van der Waals surface area contributed by atoms with Gasteiger partial charge in [-0.25, -0.2) is 0 Å². The maximum absolute atomic E-state index is 9.40. The molecular weight excluding hydrogens is 322 g/mol. The molecule has 1 saturated heterocycles. The molecule has 4 rings (SSSR count). The van der Waals surface area contributed by atoms with Crippen LogP contribution in [0, 0.1) is 11.8 Å². The number of hydrogen-bond donors (Lipinski definition) is 1. The van der Waals surface area contributed by atoms with Crippen molar-refractivity contribution >= 4 is 0 Å². The highest BCUT2D eigenvalue weighted by Gasteiger charge is 2.49. The summed E-state index contributed by atoms with van der Waals surface area (Å²) in [6.45, 7) is 3.50. The first kappa shape index (κ1) is 17.6. The molecule has 1 saturated carbocycles. The van der Waals surface area contributed by atoms with Crippen molar-refractivity contribution in [3.05, 3.63) is 65.7 Å². The zero-order valence-electron chi connectivity index (χ0n) is 15.6. The maximum atomic E-state index is 9.40. The normalized spacial score (nSPS) is 28.3. The number of rotatable bonds is 6. The van der Waals surface area contributed by atoms with Crippen LogP contribution in [0.1, 0.15) is 24.0 Å². The number of nitrogens with zero attached hydrogens (tertiary/aromatic N) is 1. The third kappa shape index (κ3) is 3.79. The molecular formula is C23H29NO2. The Bertz CT molecular complexity index is 699. The maximum Gasteiger partial charge on any atom is 0.115 e. The summed E-state index contributed by atoms with van der Waals surface area (Å²) in [6, 6.07) is 18.4. The van der Waals surface area contributed by atoms with Crippen LogP contribution >= 0.6 is 0 Å². The number of ether oxygens (including phenoxy) is 1. The molecule has 138 valence electrons. The van der Waals surface area contributed by atoms with Gasteiger partial charge in [0.1, 0.15) is 5.75 Å². The molecule has 0 radical (unpaired) electrons. The van der Waals surface area contributed by atoms with Crippen molar-refractivity contribution in [2.75, 3.05) is 26.7 Å². The Hall–Kier alpha value is -1.84. The Morgan fingerprint density at radius 1 is 0.962 bits per heavy atom. The SMILES string of the molecule is CO[C@@]1(Cc2ccccc2)C[C@H]2CN(CCc3ccc(O)cc3)C[C@H]2C1. The van der Waals surface area contributed by atoms with Crippen molar-refractivity contribution in [3.8, 4) is 5.75 Å². The van der Waals surface area contributed by atoms with Crippen LogP contribution in [0.15, 0.2) is 54.6 Å². The monoisotopic (exact) mass is 351 g/mol. The first-order valence-electron chi connectivity index (χ1n) is 9.75. The molecule has 3 heteroatoms. The van der Waals surface area contributed by atoms with Gasteiger partial charge in [0.05, 0.1) is 5.60 Å². The average Bonchev–Trinajstić information content (AvgIpc) is 3.18. The van der Waals surface area contributed by atoms with Gasteiger partial charge in [-0.2, -0.15) is 0 Å². The molecule has 3 nitrogen and oxygen atoms in total. The van der Waals surface area contributed by atoms with Gasteiger partial charge in [0.25, 0.3) is 0 Å². The minimum atomic E-state index is 0.0275. The summed E-state index contributed by atoms with van der Waals surface area (Å²) in [6.07, 6.45) is 4.45. The number of likely N-dealkylation sites (tertiary alicyclic amines) is 1. The molecule has 1 aliphatic heterocycles. The number of methoxy groups -OCH3 is 1. The smallest absolute Gasteiger partial charge is 0.115 e. The van der Waals surface area contributed by atoms with E-state index < -0.39 is 0 Å². The van der Waals surface area contributed by atoms with Gasteiger partial charge in [-0.3, -0.25) is 0 Å². The first-order chi connectivity index (χ1) is 12.7. The summed E-state index contributed by atoms with van der Waals surface area (Å²) in [5.74, 6) is 1.87. The van der Waals surface area contributed by atoms with Crippen molar-refractivity contribution in [1.82, 2.24) is 4.90 Å². The largest absolute Gasteiger partial charge is 0.508 e. The van der Waals surface area contributed by atoms with Gasteiger partial charge < -0.3 is 14.7 Å². The van der Waals surface area contributed by atoms with E-state index in [2.05, 4.69) is 35.2 Å². The number of benzene rings is 2. The van der Waals surface area contributed by atoms with Crippen LogP contribution in [0.2, 0.25) is 0 Å². The topological polar surface area (TPSA) is 32.7 Å². The third-order valence-electron chi connectivity index (χ3n) is 6.38. The van der Waals surface area contributed by atoms with Crippen LogP contribution in [-0.2, 0) is 17.6 Å². The molecule has 2 aromatic carbocycles. The number of hydrogen-bond acceptors (Lipinski definition) is 3. The fourth-order valence-corrected chi connectivity index (χ4v) is 5.02. The van der Waals surface area contributed by atoms with Crippen LogP contribution in [0.5, 0.6) is 5.75 Å². The summed E-state index contributed by atoms with van der Waals surface area (Å²) in [4.78, 5) is 2.62. The zero-order valence-corrected chi connectivity index (χ0v) is 15.6. The molecule has 0 spiro atoms. The molecule has 0 aromatic heterocycles. The molecule has 2 fully saturated rings. The first-order valence-corrected chi connectivity index (χ1v) is 9.75. The lowest BCUT2D eigenvalue weighted by Gasteiger charge is -2.30. The van der Waals surface area contributed by atoms with Crippen molar-refractivity contribution in [3.63, 3.8) is 0 Å². The number of phenolic OH excluding ortho intramolecular Hbond substituents is 1. The molecule has 0 unspecified atom stereocenters. The minimum absolute atomic E-state index is 0.0275. The summed E-state index contributed by atoms with van der Waals surface area (Å²) in [5.41, 5.74) is 2.72. The molecule has 1 aliphatic carbocycles. The molecule has 2 aliphatic rings. The standard InChI is InChI=1S/C23H29NO2/c1-26-23(13-19-5-3-2-4-6-19)14-20-16-24(17-21(20)15-23)12-11-18-7-9-22(25)10-8-18/h2-10,20-21,25H,11-17H2,1H3/t20-,21+,23-. The zero-order chi connectivity index (χ0) is 18.0. The Morgan fingerprint density at radius 3 is 2.23 bits per heavy atom. The van der Waals surface area contributed by atoms with Crippen molar-refractivity contribution in [2.45, 2.75) is 31.3 Å². The lowest BCUT2D eigenvalue weighted by molar-refractivity contribution is -0.0130. The van der Waals surface area contributed by atoms with Gasteiger partial charge in [-0.05, 0) is 54.4 Å². The lowest BCUT2D eigenvalue weighted by atomic mass is 9.91. The van der Waals surface area contributed by atoms with Gasteiger partial charge in [0.2, 0.25) is 0 Å². The summed E-state index contributed by atoms with van der Waals surface area (Å²) in [5, 5.41) is 9.40. The van der Waals surface area contributed by atoms with E-state index in [1.54, 1.807) is 12.1 Å². The fraction of sp³-hybridized carbons (Fsp3) is 0.478. The molecule has 0 amide bonds. The second-order valence-corrected chi connectivity index (χ2v) is 8.15. The minimum Gasteiger partial charge on any atom is -0.508 e. The summed E-state index contributed by atoms with van der Waals surface area (Å²) < 4.78 is 6.07. The summed E-state index contributed by atoms with van der Waals surface area (Å²) >= 11 is 0. The highest BCUT2D eigenvalue weighted by Crippen LogP contribution is 2.47. The molecule has 26 heavy (non-hydrogen) atoms. The van der Waals surface area contributed by atoms with Crippen LogP contribution in [0.25, 0.3) is 0 Å². The van der Waals surface area contributed by atoms with Crippen molar-refractivity contribution in [1.29, 1.82) is 0 Å².